The Morgan fingerprint density at radius 3 is 2.20 bits per heavy atom. The largest absolute Gasteiger partial charge is 0.409 e. The zero-order valence-corrected chi connectivity index (χ0v) is 18.9. The van der Waals surface area contributed by atoms with Gasteiger partial charge in [0.1, 0.15) is 6.10 Å². The normalized spacial score (nSPS) is 25.3. The van der Waals surface area contributed by atoms with Gasteiger partial charge in [-0.15, -0.1) is 0 Å². The van der Waals surface area contributed by atoms with E-state index in [-0.39, 0.29) is 30.0 Å². The Morgan fingerprint density at radius 2 is 1.68 bits per heavy atom. The lowest BCUT2D eigenvalue weighted by molar-refractivity contribution is -0.156. The molecular formula is C20H42O4Si. The summed E-state index contributed by atoms with van der Waals surface area (Å²) in [5.41, 5.74) is 0. The Balaban J connectivity index is 2.74. The van der Waals surface area contributed by atoms with E-state index >= 15 is 0 Å². The molecular weight excluding hydrogens is 332 g/mol. The molecule has 0 aromatic heterocycles. The zero-order valence-electron chi connectivity index (χ0n) is 17.9. The summed E-state index contributed by atoms with van der Waals surface area (Å²) < 4.78 is 18.8. The maximum Gasteiger partial charge on any atom is 0.192 e. The lowest BCUT2D eigenvalue weighted by atomic mass is 10.0. The molecule has 1 aliphatic heterocycles. The van der Waals surface area contributed by atoms with Gasteiger partial charge >= 0.3 is 0 Å². The first-order chi connectivity index (χ1) is 11.4. The van der Waals surface area contributed by atoms with E-state index in [0.29, 0.717) is 0 Å². The molecule has 3 atom stereocenters. The van der Waals surface area contributed by atoms with Crippen molar-refractivity contribution in [2.45, 2.75) is 122 Å². The average Bonchev–Trinajstić information content (AvgIpc) is 2.78. The molecule has 150 valence electrons. The van der Waals surface area contributed by atoms with Crippen LogP contribution in [-0.4, -0.2) is 44.1 Å². The van der Waals surface area contributed by atoms with Gasteiger partial charge in [0.25, 0.3) is 0 Å². The van der Waals surface area contributed by atoms with Gasteiger partial charge in [-0.05, 0) is 38.4 Å². The molecule has 25 heavy (non-hydrogen) atoms. The Bertz CT molecular complexity index is 390. The van der Waals surface area contributed by atoms with Crippen LogP contribution in [0.15, 0.2) is 0 Å². The molecule has 1 heterocycles. The number of rotatable bonds is 10. The summed E-state index contributed by atoms with van der Waals surface area (Å²) in [6.07, 6.45) is 6.65. The van der Waals surface area contributed by atoms with Crippen LogP contribution in [0.2, 0.25) is 18.1 Å². The second kappa shape index (κ2) is 9.31. The predicted octanol–water partition coefficient (Wildman–Crippen LogP) is 5.25. The van der Waals surface area contributed by atoms with Crippen molar-refractivity contribution < 1.29 is 19.0 Å². The van der Waals surface area contributed by atoms with Crippen molar-refractivity contribution in [2.24, 2.45) is 0 Å². The van der Waals surface area contributed by atoms with E-state index in [0.717, 1.165) is 12.8 Å². The lowest BCUT2D eigenvalue weighted by Crippen LogP contribution is -2.50. The Morgan fingerprint density at radius 1 is 1.08 bits per heavy atom. The number of aliphatic hydroxyl groups excluding tert-OH is 1. The molecule has 1 fully saturated rings. The minimum atomic E-state index is -1.98. The fourth-order valence-electron chi connectivity index (χ4n) is 3.11. The molecule has 1 saturated heterocycles. The van der Waals surface area contributed by atoms with Gasteiger partial charge in [-0.2, -0.15) is 0 Å². The third kappa shape index (κ3) is 6.94. The summed E-state index contributed by atoms with van der Waals surface area (Å²) in [7, 11) is -1.98. The minimum absolute atomic E-state index is 0.00135. The number of hydrogen-bond donors (Lipinski definition) is 1. The molecule has 0 amide bonds. The lowest BCUT2D eigenvalue weighted by Gasteiger charge is -2.40. The van der Waals surface area contributed by atoms with Crippen LogP contribution in [0.25, 0.3) is 0 Å². The molecule has 1 aliphatic rings. The van der Waals surface area contributed by atoms with Crippen LogP contribution >= 0.6 is 0 Å². The summed E-state index contributed by atoms with van der Waals surface area (Å²) in [5.74, 6) is -0.608. The highest BCUT2D eigenvalue weighted by Gasteiger charge is 2.48. The summed E-state index contributed by atoms with van der Waals surface area (Å²) in [4.78, 5) is 0. The molecule has 4 nitrogen and oxygen atoms in total. The molecule has 1 rings (SSSR count). The Labute approximate surface area is 156 Å². The molecule has 0 unspecified atom stereocenters. The van der Waals surface area contributed by atoms with Crippen molar-refractivity contribution in [3.63, 3.8) is 0 Å². The van der Waals surface area contributed by atoms with Gasteiger partial charge in [0.05, 0.1) is 18.8 Å². The van der Waals surface area contributed by atoms with Crippen molar-refractivity contribution >= 4 is 8.32 Å². The van der Waals surface area contributed by atoms with E-state index in [1.807, 2.05) is 13.8 Å². The average molecular weight is 375 g/mol. The first-order valence-electron chi connectivity index (χ1n) is 10.1. The number of unbranched alkanes of at least 4 members (excludes halogenated alkanes) is 4. The SMILES string of the molecule is CCCCCCC[C@@H]1OC(C)(C)O[C@@H]1[C@@H](CO)O[Si](C)(C)C(C)(C)C. The zero-order chi connectivity index (χ0) is 19.3. The van der Waals surface area contributed by atoms with E-state index < -0.39 is 14.1 Å². The first-order valence-corrected chi connectivity index (χ1v) is 13.0. The topological polar surface area (TPSA) is 47.9 Å². The van der Waals surface area contributed by atoms with Crippen LogP contribution < -0.4 is 0 Å². The molecule has 0 bridgehead atoms. The quantitative estimate of drug-likeness (QED) is 0.419. The predicted molar refractivity (Wildman–Crippen MR) is 106 cm³/mol. The van der Waals surface area contributed by atoms with Crippen LogP contribution in [0.4, 0.5) is 0 Å². The molecule has 0 spiro atoms. The summed E-state index contributed by atoms with van der Waals surface area (Å²) in [5, 5.41) is 10.1. The van der Waals surface area contributed by atoms with Gasteiger partial charge in [0.15, 0.2) is 14.1 Å². The van der Waals surface area contributed by atoms with Gasteiger partial charge < -0.3 is 19.0 Å². The molecule has 0 aromatic carbocycles. The number of ether oxygens (including phenoxy) is 2. The smallest absolute Gasteiger partial charge is 0.192 e. The second-order valence-electron chi connectivity index (χ2n) is 9.44. The van der Waals surface area contributed by atoms with E-state index in [2.05, 4.69) is 40.8 Å². The van der Waals surface area contributed by atoms with Gasteiger partial charge in [-0.3, -0.25) is 0 Å². The standard InChI is InChI=1S/C20H42O4Si/c1-9-10-11-12-13-14-16-18(23-20(5,6)22-16)17(15-21)24-25(7,8)19(2,3)4/h16-18,21H,9-15H2,1-8H3/t16-,17+,18-/m0/s1. The summed E-state index contributed by atoms with van der Waals surface area (Å²) >= 11 is 0. The monoisotopic (exact) mass is 374 g/mol. The third-order valence-electron chi connectivity index (χ3n) is 5.61. The number of aliphatic hydroxyl groups is 1. The van der Waals surface area contributed by atoms with Gasteiger partial charge in [-0.1, -0.05) is 59.8 Å². The van der Waals surface area contributed by atoms with E-state index in [1.165, 1.54) is 25.7 Å². The van der Waals surface area contributed by atoms with Crippen molar-refractivity contribution in [1.29, 1.82) is 0 Å². The molecule has 0 aromatic rings. The Hall–Kier alpha value is 0.0569. The molecule has 1 N–H and O–H groups in total. The Kier molecular flexibility index (Phi) is 8.60. The van der Waals surface area contributed by atoms with E-state index in [9.17, 15) is 5.11 Å². The van der Waals surface area contributed by atoms with E-state index in [4.69, 9.17) is 13.9 Å². The minimum Gasteiger partial charge on any atom is -0.409 e. The van der Waals surface area contributed by atoms with Crippen molar-refractivity contribution in [3.8, 4) is 0 Å². The summed E-state index contributed by atoms with van der Waals surface area (Å²) in [6.45, 7) is 17.2. The van der Waals surface area contributed by atoms with Crippen LogP contribution in [0.3, 0.4) is 0 Å². The van der Waals surface area contributed by atoms with Gasteiger partial charge in [-0.25, -0.2) is 0 Å². The van der Waals surface area contributed by atoms with Gasteiger partial charge in [0, 0.05) is 0 Å². The van der Waals surface area contributed by atoms with Crippen LogP contribution in [0, 0.1) is 0 Å². The molecule has 0 radical (unpaired) electrons. The second-order valence-corrected chi connectivity index (χ2v) is 14.2. The first kappa shape index (κ1) is 23.1. The fraction of sp³-hybridized carbons (Fsp3) is 1.00. The molecule has 0 saturated carbocycles. The number of hydrogen-bond acceptors (Lipinski definition) is 4. The maximum absolute atomic E-state index is 10.0. The maximum atomic E-state index is 10.0. The van der Waals surface area contributed by atoms with Crippen LogP contribution in [-0.2, 0) is 13.9 Å². The molecule has 0 aliphatic carbocycles. The van der Waals surface area contributed by atoms with Crippen LogP contribution in [0.5, 0.6) is 0 Å². The van der Waals surface area contributed by atoms with Gasteiger partial charge in [0.2, 0.25) is 0 Å². The highest BCUT2D eigenvalue weighted by atomic mass is 28.4. The summed E-state index contributed by atoms with van der Waals surface area (Å²) in [6, 6.07) is 0. The van der Waals surface area contributed by atoms with Crippen molar-refractivity contribution in [3.05, 3.63) is 0 Å². The van der Waals surface area contributed by atoms with Crippen molar-refractivity contribution in [1.82, 2.24) is 0 Å². The van der Waals surface area contributed by atoms with Crippen LogP contribution in [0.1, 0.15) is 80.1 Å². The third-order valence-corrected chi connectivity index (χ3v) is 10.1. The highest BCUT2D eigenvalue weighted by molar-refractivity contribution is 6.74. The molecule has 5 heteroatoms. The van der Waals surface area contributed by atoms with E-state index in [1.54, 1.807) is 0 Å². The highest BCUT2D eigenvalue weighted by Crippen LogP contribution is 2.40. The van der Waals surface area contributed by atoms with Crippen molar-refractivity contribution in [2.75, 3.05) is 6.61 Å². The fourth-order valence-corrected chi connectivity index (χ4v) is 4.43.